The standard InChI is InChI=1S/C45H34.3C2H6/c1-2-12-30(11-1)32-15-9-16-36(28-32)44-40-18-5-7-20-42(40)45(43-21-8-6-19-41(43)44)37-26-24-33-27-35(25-23-34(33)29-37)39-22-10-14-31-13-3-4-17-38(31)39;3*1-2/h1-11,13-22,27-29H,12,23-26H2;3*1-2H3. The summed E-state index contributed by atoms with van der Waals surface area (Å²) >= 11 is 0. The number of benzene rings is 6. The van der Waals surface area contributed by atoms with E-state index >= 15 is 0 Å². The van der Waals surface area contributed by atoms with Crippen molar-refractivity contribution in [3.8, 4) is 11.1 Å². The molecule has 0 saturated carbocycles. The molecule has 6 aromatic carbocycles. The zero-order valence-corrected chi connectivity index (χ0v) is 31.4. The molecule has 0 unspecified atom stereocenters. The van der Waals surface area contributed by atoms with Crippen LogP contribution in [0.15, 0.2) is 157 Å². The zero-order valence-electron chi connectivity index (χ0n) is 31.4. The maximum Gasteiger partial charge on any atom is -0.00262 e. The molecule has 0 aromatic heterocycles. The highest BCUT2D eigenvalue weighted by Crippen LogP contribution is 2.46. The second-order valence-electron chi connectivity index (χ2n) is 12.7. The minimum absolute atomic E-state index is 1.01. The lowest BCUT2D eigenvalue weighted by atomic mass is 9.78. The summed E-state index contributed by atoms with van der Waals surface area (Å²) in [4.78, 5) is 0. The molecule has 3 aliphatic rings. The van der Waals surface area contributed by atoms with Gasteiger partial charge in [-0.2, -0.15) is 0 Å². The first-order chi connectivity index (χ1) is 25.3. The Hall–Kier alpha value is -5.20. The summed E-state index contributed by atoms with van der Waals surface area (Å²) < 4.78 is 0. The fraction of sp³-hybridized carbons (Fsp3) is 0.216. The van der Waals surface area contributed by atoms with Gasteiger partial charge in [0.2, 0.25) is 0 Å². The molecule has 0 N–H and O–H groups in total. The average molecular weight is 665 g/mol. The molecule has 0 spiro atoms. The van der Waals surface area contributed by atoms with E-state index in [0.717, 1.165) is 32.1 Å². The second-order valence-corrected chi connectivity index (χ2v) is 12.7. The van der Waals surface area contributed by atoms with Crippen LogP contribution in [-0.2, 0) is 0 Å². The van der Waals surface area contributed by atoms with Crippen LogP contribution < -0.4 is 0 Å². The van der Waals surface area contributed by atoms with Crippen LogP contribution >= 0.6 is 0 Å². The van der Waals surface area contributed by atoms with Crippen molar-refractivity contribution in [3.05, 3.63) is 173 Å². The first-order valence-corrected chi connectivity index (χ1v) is 19.3. The number of rotatable bonds is 4. The van der Waals surface area contributed by atoms with Crippen molar-refractivity contribution in [1.82, 2.24) is 0 Å². The Kier molecular flexibility index (Phi) is 11.6. The van der Waals surface area contributed by atoms with E-state index in [2.05, 4.69) is 146 Å². The van der Waals surface area contributed by atoms with E-state index in [1.54, 1.807) is 0 Å². The van der Waals surface area contributed by atoms with Crippen molar-refractivity contribution in [2.24, 2.45) is 0 Å². The Morgan fingerprint density at radius 3 is 1.55 bits per heavy atom. The van der Waals surface area contributed by atoms with E-state index < -0.39 is 0 Å². The van der Waals surface area contributed by atoms with Crippen molar-refractivity contribution in [1.29, 1.82) is 0 Å². The molecule has 0 bridgehead atoms. The van der Waals surface area contributed by atoms with E-state index in [-0.39, 0.29) is 0 Å². The van der Waals surface area contributed by atoms with Crippen molar-refractivity contribution in [2.45, 2.75) is 73.6 Å². The molecular weight excluding hydrogens is 613 g/mol. The Bertz CT molecular complexity index is 2270. The van der Waals surface area contributed by atoms with Crippen molar-refractivity contribution < 1.29 is 0 Å². The van der Waals surface area contributed by atoms with Gasteiger partial charge >= 0.3 is 0 Å². The fourth-order valence-electron chi connectivity index (χ4n) is 7.99. The van der Waals surface area contributed by atoms with Crippen LogP contribution in [0.4, 0.5) is 0 Å². The molecule has 0 heteroatoms. The van der Waals surface area contributed by atoms with Gasteiger partial charge in [-0.15, -0.1) is 0 Å². The molecule has 9 rings (SSSR count). The summed E-state index contributed by atoms with van der Waals surface area (Å²) in [7, 11) is 0. The largest absolute Gasteiger partial charge is 0.0801 e. The Labute approximate surface area is 306 Å². The minimum atomic E-state index is 1.01. The van der Waals surface area contributed by atoms with E-state index in [0.29, 0.717) is 0 Å². The van der Waals surface area contributed by atoms with Crippen LogP contribution in [0, 0.1) is 0 Å². The van der Waals surface area contributed by atoms with Gasteiger partial charge in [0, 0.05) is 0 Å². The number of hydrogen-bond acceptors (Lipinski definition) is 0. The quantitative estimate of drug-likeness (QED) is 0.165. The number of fused-ring (bicyclic) bond motifs is 3. The fourth-order valence-corrected chi connectivity index (χ4v) is 7.99. The lowest BCUT2D eigenvalue weighted by molar-refractivity contribution is 0.906. The SMILES string of the molecule is C1=CCC(c2cccc(-c3c4ccccc4c(C4=CC5=C(C=C(c6cccc7ccccc67)CC5)CC4)c4ccccc34)c2)=C1.CC.CC.CC. The lowest BCUT2D eigenvalue weighted by Crippen LogP contribution is -2.05. The molecule has 0 fully saturated rings. The summed E-state index contributed by atoms with van der Waals surface area (Å²) in [5, 5.41) is 8.08. The van der Waals surface area contributed by atoms with Gasteiger partial charge in [0.25, 0.3) is 0 Å². The molecule has 0 atom stereocenters. The van der Waals surface area contributed by atoms with Gasteiger partial charge in [0.05, 0.1) is 0 Å². The monoisotopic (exact) mass is 664 g/mol. The molecule has 6 aromatic rings. The Morgan fingerprint density at radius 2 is 0.922 bits per heavy atom. The summed E-state index contributed by atoms with van der Waals surface area (Å²) in [6, 6.07) is 42.9. The normalized spacial score (nSPS) is 14.7. The van der Waals surface area contributed by atoms with Crippen molar-refractivity contribution in [2.75, 3.05) is 0 Å². The molecular formula is C51H52. The summed E-state index contributed by atoms with van der Waals surface area (Å²) in [5.74, 6) is 0. The number of allylic oxidation sites excluding steroid dienone is 10. The second kappa shape index (κ2) is 16.7. The molecule has 256 valence electrons. The van der Waals surface area contributed by atoms with Gasteiger partial charge in [-0.05, 0) is 126 Å². The highest BCUT2D eigenvalue weighted by molar-refractivity contribution is 6.19. The maximum absolute atomic E-state index is 2.54. The average Bonchev–Trinajstić information content (AvgIpc) is 3.77. The van der Waals surface area contributed by atoms with E-state index in [4.69, 9.17) is 0 Å². The molecule has 0 radical (unpaired) electrons. The van der Waals surface area contributed by atoms with Gasteiger partial charge in [0.1, 0.15) is 0 Å². The highest BCUT2D eigenvalue weighted by atomic mass is 14.3. The zero-order chi connectivity index (χ0) is 35.7. The predicted molar refractivity (Wildman–Crippen MR) is 228 cm³/mol. The van der Waals surface area contributed by atoms with Gasteiger partial charge in [-0.1, -0.05) is 181 Å². The van der Waals surface area contributed by atoms with Crippen molar-refractivity contribution in [3.63, 3.8) is 0 Å². The molecule has 0 nitrogen and oxygen atoms in total. The maximum atomic E-state index is 2.54. The smallest absolute Gasteiger partial charge is 0.00262 e. The molecule has 0 aliphatic heterocycles. The van der Waals surface area contributed by atoms with E-state index in [1.165, 1.54) is 88.0 Å². The topological polar surface area (TPSA) is 0 Å². The minimum Gasteiger partial charge on any atom is -0.0801 e. The van der Waals surface area contributed by atoms with Gasteiger partial charge in [-0.25, -0.2) is 0 Å². The summed E-state index contributed by atoms with van der Waals surface area (Å²) in [6.07, 6.45) is 17.1. The van der Waals surface area contributed by atoms with Crippen LogP contribution in [-0.4, -0.2) is 0 Å². The third-order valence-electron chi connectivity index (χ3n) is 10.1. The Balaban J connectivity index is 0.000000712. The van der Waals surface area contributed by atoms with E-state index in [9.17, 15) is 0 Å². The van der Waals surface area contributed by atoms with Crippen LogP contribution in [0.5, 0.6) is 0 Å². The summed E-state index contributed by atoms with van der Waals surface area (Å²) in [6.45, 7) is 12.0. The van der Waals surface area contributed by atoms with Gasteiger partial charge in [-0.3, -0.25) is 0 Å². The molecule has 0 heterocycles. The molecule has 51 heavy (non-hydrogen) atoms. The van der Waals surface area contributed by atoms with E-state index in [1.807, 2.05) is 41.5 Å². The van der Waals surface area contributed by atoms with Crippen molar-refractivity contribution >= 4 is 49.0 Å². The molecule has 3 aliphatic carbocycles. The van der Waals surface area contributed by atoms with Gasteiger partial charge < -0.3 is 0 Å². The predicted octanol–water partition coefficient (Wildman–Crippen LogP) is 15.6. The van der Waals surface area contributed by atoms with Gasteiger partial charge in [0.15, 0.2) is 0 Å². The van der Waals surface area contributed by atoms with Crippen LogP contribution in [0.2, 0.25) is 0 Å². The first kappa shape index (κ1) is 35.6. The summed E-state index contributed by atoms with van der Waals surface area (Å²) in [5.41, 5.74) is 14.1. The first-order valence-electron chi connectivity index (χ1n) is 19.3. The van der Waals surface area contributed by atoms with Crippen LogP contribution in [0.1, 0.15) is 90.3 Å². The third-order valence-corrected chi connectivity index (χ3v) is 10.1. The molecule has 0 amide bonds. The number of hydrogen-bond donors (Lipinski definition) is 0. The lowest BCUT2D eigenvalue weighted by Gasteiger charge is -2.26. The molecule has 0 saturated heterocycles. The van der Waals surface area contributed by atoms with Crippen LogP contribution in [0.25, 0.3) is 60.2 Å². The third kappa shape index (κ3) is 6.93. The van der Waals surface area contributed by atoms with Crippen LogP contribution in [0.3, 0.4) is 0 Å². The Morgan fingerprint density at radius 1 is 0.412 bits per heavy atom. The highest BCUT2D eigenvalue weighted by Gasteiger charge is 2.23.